The molecule has 1 aromatic heterocycles. The first-order valence-electron chi connectivity index (χ1n) is 6.90. The Morgan fingerprint density at radius 2 is 2.00 bits per heavy atom. The van der Waals surface area contributed by atoms with Crippen LogP contribution in [0.5, 0.6) is 0 Å². The van der Waals surface area contributed by atoms with Crippen LogP contribution in [0.2, 0.25) is 0 Å². The van der Waals surface area contributed by atoms with E-state index < -0.39 is 5.97 Å². The van der Waals surface area contributed by atoms with E-state index in [0.717, 1.165) is 11.1 Å². The Balaban J connectivity index is 1.93. The Bertz CT molecular complexity index is 667. The second-order valence-electron chi connectivity index (χ2n) is 5.25. The molecule has 0 aliphatic heterocycles. The molecule has 1 aromatic carbocycles. The van der Waals surface area contributed by atoms with E-state index in [1.165, 1.54) is 6.07 Å². The molecule has 7 nitrogen and oxygen atoms in total. The van der Waals surface area contributed by atoms with Gasteiger partial charge in [-0.2, -0.15) is 0 Å². The molecule has 0 spiro atoms. The van der Waals surface area contributed by atoms with Crippen molar-refractivity contribution in [1.82, 2.24) is 20.1 Å². The number of carbonyl (C=O) groups is 2. The third kappa shape index (κ3) is 4.15. The summed E-state index contributed by atoms with van der Waals surface area (Å²) in [5.74, 6) is -1.08. The molecule has 0 bridgehead atoms. The molecule has 2 aromatic rings. The van der Waals surface area contributed by atoms with Gasteiger partial charge in [-0.3, -0.25) is 4.79 Å². The van der Waals surface area contributed by atoms with Gasteiger partial charge in [-0.25, -0.2) is 4.79 Å². The minimum absolute atomic E-state index is 0.0536. The Kier molecular flexibility index (Phi) is 4.88. The smallest absolute Gasteiger partial charge is 0.335 e. The zero-order valence-electron chi connectivity index (χ0n) is 12.5. The van der Waals surface area contributed by atoms with Gasteiger partial charge in [-0.05, 0) is 37.1 Å². The normalized spacial score (nSPS) is 11.9. The highest BCUT2D eigenvalue weighted by Crippen LogP contribution is 2.12. The standard InChI is InChI=1S/C15H18N4O3/c1-10-5-13(15(21)22)4-3-12(10)6-14(20)18-11(2)7-19-8-16-17-9-19/h3-5,8-9,11H,6-7H2,1-2H3,(H,18,20)(H,21,22). The average Bonchev–Trinajstić information content (AvgIpc) is 2.93. The van der Waals surface area contributed by atoms with Gasteiger partial charge in [0.05, 0.1) is 12.0 Å². The summed E-state index contributed by atoms with van der Waals surface area (Å²) < 4.78 is 1.79. The van der Waals surface area contributed by atoms with Gasteiger partial charge in [0.15, 0.2) is 0 Å². The molecule has 0 radical (unpaired) electrons. The lowest BCUT2D eigenvalue weighted by Gasteiger charge is -2.14. The molecule has 22 heavy (non-hydrogen) atoms. The van der Waals surface area contributed by atoms with E-state index in [9.17, 15) is 9.59 Å². The predicted molar refractivity (Wildman–Crippen MR) is 79.5 cm³/mol. The first-order chi connectivity index (χ1) is 10.5. The van der Waals surface area contributed by atoms with Crippen molar-refractivity contribution in [3.8, 4) is 0 Å². The molecule has 1 atom stereocenters. The topological polar surface area (TPSA) is 97.1 Å². The van der Waals surface area contributed by atoms with Gasteiger partial charge in [0.2, 0.25) is 5.91 Å². The van der Waals surface area contributed by atoms with Gasteiger partial charge in [-0.15, -0.1) is 10.2 Å². The van der Waals surface area contributed by atoms with Gasteiger partial charge < -0.3 is 15.0 Å². The summed E-state index contributed by atoms with van der Waals surface area (Å²) in [6.45, 7) is 4.30. The fourth-order valence-electron chi connectivity index (χ4n) is 2.20. The highest BCUT2D eigenvalue weighted by Gasteiger charge is 2.12. The molecule has 116 valence electrons. The third-order valence-corrected chi connectivity index (χ3v) is 3.30. The van der Waals surface area contributed by atoms with E-state index in [4.69, 9.17) is 5.11 Å². The number of aromatic nitrogens is 3. The number of hydrogen-bond donors (Lipinski definition) is 2. The fraction of sp³-hybridized carbons (Fsp3) is 0.333. The van der Waals surface area contributed by atoms with Gasteiger partial charge in [0, 0.05) is 12.6 Å². The molecule has 1 unspecified atom stereocenters. The maximum absolute atomic E-state index is 12.1. The molecule has 7 heteroatoms. The minimum atomic E-state index is -0.971. The zero-order valence-corrected chi connectivity index (χ0v) is 12.5. The lowest BCUT2D eigenvalue weighted by molar-refractivity contribution is -0.121. The van der Waals surface area contributed by atoms with Crippen molar-refractivity contribution >= 4 is 11.9 Å². The largest absolute Gasteiger partial charge is 0.478 e. The number of carboxylic acid groups (broad SMARTS) is 1. The summed E-state index contributed by atoms with van der Waals surface area (Å²) in [5, 5.41) is 19.2. The SMILES string of the molecule is Cc1cc(C(=O)O)ccc1CC(=O)NC(C)Cn1cnnc1. The second kappa shape index (κ2) is 6.84. The van der Waals surface area contributed by atoms with Crippen LogP contribution in [0.25, 0.3) is 0 Å². The number of amides is 1. The number of carbonyl (C=O) groups excluding carboxylic acids is 1. The van der Waals surface area contributed by atoms with Gasteiger partial charge in [-0.1, -0.05) is 6.07 Å². The van der Waals surface area contributed by atoms with Crippen molar-refractivity contribution in [3.05, 3.63) is 47.5 Å². The number of nitrogens with zero attached hydrogens (tertiary/aromatic N) is 3. The van der Waals surface area contributed by atoms with Crippen LogP contribution in [-0.2, 0) is 17.8 Å². The van der Waals surface area contributed by atoms with Crippen molar-refractivity contribution in [2.24, 2.45) is 0 Å². The Hall–Kier alpha value is -2.70. The summed E-state index contributed by atoms with van der Waals surface area (Å²) in [6.07, 6.45) is 3.41. The van der Waals surface area contributed by atoms with Crippen LogP contribution in [-0.4, -0.2) is 37.8 Å². The Labute approximate surface area is 128 Å². The van der Waals surface area contributed by atoms with Crippen LogP contribution >= 0.6 is 0 Å². The van der Waals surface area contributed by atoms with Gasteiger partial charge in [0.1, 0.15) is 12.7 Å². The van der Waals surface area contributed by atoms with Crippen molar-refractivity contribution < 1.29 is 14.7 Å². The summed E-state index contributed by atoms with van der Waals surface area (Å²) >= 11 is 0. The summed E-state index contributed by atoms with van der Waals surface area (Å²) in [6, 6.07) is 4.72. The maximum atomic E-state index is 12.1. The molecular weight excluding hydrogens is 284 g/mol. The van der Waals surface area contributed by atoms with E-state index in [1.807, 2.05) is 6.92 Å². The van der Waals surface area contributed by atoms with Crippen LogP contribution < -0.4 is 5.32 Å². The van der Waals surface area contributed by atoms with Crippen LogP contribution in [0.4, 0.5) is 0 Å². The quantitative estimate of drug-likeness (QED) is 0.830. The third-order valence-electron chi connectivity index (χ3n) is 3.30. The molecule has 0 saturated heterocycles. The predicted octanol–water partition coefficient (Wildman–Crippen LogP) is 1.03. The van der Waals surface area contributed by atoms with E-state index in [2.05, 4.69) is 15.5 Å². The van der Waals surface area contributed by atoms with Crippen molar-refractivity contribution in [1.29, 1.82) is 0 Å². The number of carboxylic acids is 1. The second-order valence-corrected chi connectivity index (χ2v) is 5.25. The Morgan fingerprint density at radius 3 is 2.59 bits per heavy atom. The van der Waals surface area contributed by atoms with Crippen LogP contribution in [0.1, 0.15) is 28.4 Å². The van der Waals surface area contributed by atoms with Crippen LogP contribution in [0.15, 0.2) is 30.9 Å². The molecule has 0 aliphatic rings. The Morgan fingerprint density at radius 1 is 1.32 bits per heavy atom. The highest BCUT2D eigenvalue weighted by atomic mass is 16.4. The lowest BCUT2D eigenvalue weighted by atomic mass is 10.0. The van der Waals surface area contributed by atoms with Gasteiger partial charge in [0.25, 0.3) is 0 Å². The molecule has 1 amide bonds. The van der Waals surface area contributed by atoms with E-state index in [1.54, 1.807) is 36.3 Å². The molecule has 1 heterocycles. The first kappa shape index (κ1) is 15.7. The van der Waals surface area contributed by atoms with E-state index in [-0.39, 0.29) is 23.9 Å². The lowest BCUT2D eigenvalue weighted by Crippen LogP contribution is -2.36. The molecule has 2 N–H and O–H groups in total. The van der Waals surface area contributed by atoms with E-state index >= 15 is 0 Å². The number of aromatic carboxylic acids is 1. The first-order valence-corrected chi connectivity index (χ1v) is 6.90. The number of nitrogens with one attached hydrogen (secondary N) is 1. The zero-order chi connectivity index (χ0) is 16.1. The molecule has 0 fully saturated rings. The summed E-state index contributed by atoms with van der Waals surface area (Å²) in [4.78, 5) is 22.9. The molecular formula is C15H18N4O3. The molecule has 0 saturated carbocycles. The minimum Gasteiger partial charge on any atom is -0.478 e. The van der Waals surface area contributed by atoms with Crippen molar-refractivity contribution in [3.63, 3.8) is 0 Å². The summed E-state index contributed by atoms with van der Waals surface area (Å²) in [7, 11) is 0. The number of hydrogen-bond acceptors (Lipinski definition) is 4. The van der Waals surface area contributed by atoms with Crippen molar-refractivity contribution in [2.75, 3.05) is 0 Å². The average molecular weight is 302 g/mol. The fourth-order valence-corrected chi connectivity index (χ4v) is 2.20. The van der Waals surface area contributed by atoms with Gasteiger partial charge >= 0.3 is 5.97 Å². The number of benzene rings is 1. The molecule has 0 aliphatic carbocycles. The maximum Gasteiger partial charge on any atom is 0.335 e. The molecule has 2 rings (SSSR count). The summed E-state index contributed by atoms with van der Waals surface area (Å²) in [5.41, 5.74) is 1.84. The van der Waals surface area contributed by atoms with Crippen LogP contribution in [0.3, 0.4) is 0 Å². The number of aryl methyl sites for hydroxylation is 1. The van der Waals surface area contributed by atoms with E-state index in [0.29, 0.717) is 6.54 Å². The van der Waals surface area contributed by atoms with Crippen molar-refractivity contribution in [2.45, 2.75) is 32.9 Å². The monoisotopic (exact) mass is 302 g/mol. The highest BCUT2D eigenvalue weighted by molar-refractivity contribution is 5.88. The van der Waals surface area contributed by atoms with Crippen LogP contribution in [0, 0.1) is 6.92 Å². The number of rotatable bonds is 6.